The molecule has 5 heterocycles. The van der Waals surface area contributed by atoms with Crippen LogP contribution < -0.4 is 10.6 Å². The van der Waals surface area contributed by atoms with Gasteiger partial charge < -0.3 is 20.0 Å². The largest absolute Gasteiger partial charge is 0.461 e. The number of furan rings is 1. The van der Waals surface area contributed by atoms with Crippen molar-refractivity contribution in [3.63, 3.8) is 0 Å². The summed E-state index contributed by atoms with van der Waals surface area (Å²) in [4.78, 5) is 31.4. The van der Waals surface area contributed by atoms with Crippen molar-refractivity contribution in [3.8, 4) is 11.6 Å². The summed E-state index contributed by atoms with van der Waals surface area (Å²) < 4.78 is 44.9. The summed E-state index contributed by atoms with van der Waals surface area (Å²) in [5, 5.41) is 4.28. The number of hydrogen-bond acceptors (Lipinski definition) is 9. The molecule has 0 unspecified atom stereocenters. The molecule has 1 amide bonds. The summed E-state index contributed by atoms with van der Waals surface area (Å²) in [6, 6.07) is 2.56. The van der Waals surface area contributed by atoms with Crippen LogP contribution in [0.15, 0.2) is 22.8 Å². The quantitative estimate of drug-likeness (QED) is 0.592. The Kier molecular flexibility index (Phi) is 5.54. The highest BCUT2D eigenvalue weighted by Gasteiger charge is 2.40. The van der Waals surface area contributed by atoms with E-state index < -0.39 is 18.8 Å². The number of fused-ring (bicyclic) bond motifs is 1. The number of carbonyl (C=O) groups excluding carboxylic acids is 1. The predicted molar refractivity (Wildman–Crippen MR) is 115 cm³/mol. The zero-order valence-electron chi connectivity index (χ0n) is 18.4. The molecule has 2 fully saturated rings. The van der Waals surface area contributed by atoms with Crippen LogP contribution in [0, 0.1) is 0 Å². The van der Waals surface area contributed by atoms with Crippen molar-refractivity contribution >= 4 is 23.6 Å². The Labute approximate surface area is 192 Å². The molecule has 0 aliphatic carbocycles. The zero-order chi connectivity index (χ0) is 24.0. The molecule has 2 aliphatic heterocycles. The summed E-state index contributed by atoms with van der Waals surface area (Å²) in [5.41, 5.74) is 6.10. The smallest absolute Gasteiger partial charge is 0.401 e. The number of nitrogen functional groups attached to an aromatic ring is 1. The highest BCUT2D eigenvalue weighted by atomic mass is 19.4. The minimum absolute atomic E-state index is 0.0672. The van der Waals surface area contributed by atoms with Crippen LogP contribution in [-0.2, 0) is 4.79 Å². The molecule has 3 aromatic rings. The summed E-state index contributed by atoms with van der Waals surface area (Å²) in [6.07, 6.45) is -1.42. The molecule has 11 nitrogen and oxygen atoms in total. The highest BCUT2D eigenvalue weighted by Crippen LogP contribution is 2.27. The SMILES string of the molecule is C[C@@H]1CN(CC(F)(F)F)CCN1C(=O)[C@@H]1CCCN1c1nc(N)n2nc(-c3ccco3)nc2n1. The fourth-order valence-electron chi connectivity index (χ4n) is 4.64. The minimum Gasteiger partial charge on any atom is -0.461 e. The first-order chi connectivity index (χ1) is 16.2. The Hall–Kier alpha value is -3.42. The summed E-state index contributed by atoms with van der Waals surface area (Å²) in [6.45, 7) is 1.93. The number of anilines is 2. The Morgan fingerprint density at radius 1 is 1.24 bits per heavy atom. The van der Waals surface area contributed by atoms with Crippen LogP contribution >= 0.6 is 0 Å². The van der Waals surface area contributed by atoms with Gasteiger partial charge in [0.1, 0.15) is 6.04 Å². The number of rotatable bonds is 4. The van der Waals surface area contributed by atoms with Gasteiger partial charge in [-0.05, 0) is 31.9 Å². The highest BCUT2D eigenvalue weighted by molar-refractivity contribution is 5.86. The number of carbonyl (C=O) groups is 1. The second-order valence-electron chi connectivity index (χ2n) is 8.59. The Bertz CT molecular complexity index is 1180. The van der Waals surface area contributed by atoms with Crippen molar-refractivity contribution < 1.29 is 22.4 Å². The molecule has 0 aromatic carbocycles. The van der Waals surface area contributed by atoms with Gasteiger partial charge in [0, 0.05) is 32.2 Å². The van der Waals surface area contributed by atoms with Gasteiger partial charge in [-0.1, -0.05) is 0 Å². The van der Waals surface area contributed by atoms with E-state index in [0.29, 0.717) is 24.6 Å². The maximum absolute atomic E-state index is 13.4. The molecular weight excluding hydrogens is 455 g/mol. The van der Waals surface area contributed by atoms with Gasteiger partial charge in [0.25, 0.3) is 5.78 Å². The van der Waals surface area contributed by atoms with Crippen LogP contribution in [-0.4, -0.2) is 91.3 Å². The molecule has 0 radical (unpaired) electrons. The lowest BCUT2D eigenvalue weighted by Crippen LogP contribution is -2.59. The molecule has 2 atom stereocenters. The summed E-state index contributed by atoms with van der Waals surface area (Å²) in [5.74, 6) is 1.18. The first-order valence-electron chi connectivity index (χ1n) is 11.0. The van der Waals surface area contributed by atoms with E-state index in [1.807, 2.05) is 0 Å². The van der Waals surface area contributed by atoms with E-state index in [1.165, 1.54) is 15.7 Å². The van der Waals surface area contributed by atoms with E-state index in [0.717, 1.165) is 6.42 Å². The molecule has 182 valence electrons. The Balaban J connectivity index is 1.35. The lowest BCUT2D eigenvalue weighted by Gasteiger charge is -2.42. The van der Waals surface area contributed by atoms with Gasteiger partial charge in [-0.25, -0.2) is 0 Å². The monoisotopic (exact) mass is 479 g/mol. The first kappa shape index (κ1) is 22.4. The maximum atomic E-state index is 13.4. The second-order valence-corrected chi connectivity index (χ2v) is 8.59. The number of nitrogens with two attached hydrogens (primary N) is 1. The molecule has 14 heteroatoms. The van der Waals surface area contributed by atoms with Gasteiger partial charge in [-0.15, -0.1) is 5.10 Å². The number of nitrogens with zero attached hydrogens (tertiary/aromatic N) is 8. The van der Waals surface area contributed by atoms with Crippen LogP contribution in [0.1, 0.15) is 19.8 Å². The normalized spacial score (nSPS) is 22.1. The first-order valence-corrected chi connectivity index (χ1v) is 11.0. The predicted octanol–water partition coefficient (Wildman–Crippen LogP) is 1.43. The molecule has 2 aliphatic rings. The van der Waals surface area contributed by atoms with Gasteiger partial charge in [-0.3, -0.25) is 9.69 Å². The molecule has 2 saturated heterocycles. The van der Waals surface area contributed by atoms with E-state index in [-0.39, 0.29) is 49.3 Å². The Morgan fingerprint density at radius 3 is 2.76 bits per heavy atom. The molecule has 3 aromatic heterocycles. The molecular formula is C20H24F3N9O2. The van der Waals surface area contributed by atoms with E-state index >= 15 is 0 Å². The van der Waals surface area contributed by atoms with Crippen molar-refractivity contribution in [2.75, 3.05) is 43.4 Å². The molecule has 34 heavy (non-hydrogen) atoms. The van der Waals surface area contributed by atoms with Crippen LogP contribution in [0.3, 0.4) is 0 Å². The van der Waals surface area contributed by atoms with Crippen LogP contribution in [0.2, 0.25) is 0 Å². The van der Waals surface area contributed by atoms with Gasteiger partial charge in [0.2, 0.25) is 23.6 Å². The number of piperazine rings is 1. The average molecular weight is 479 g/mol. The van der Waals surface area contributed by atoms with E-state index in [1.54, 1.807) is 28.9 Å². The number of aromatic nitrogens is 5. The molecule has 0 bridgehead atoms. The van der Waals surface area contributed by atoms with Crippen LogP contribution in [0.25, 0.3) is 17.4 Å². The third-order valence-corrected chi connectivity index (χ3v) is 6.16. The topological polar surface area (TPSA) is 122 Å². The van der Waals surface area contributed by atoms with E-state index in [9.17, 15) is 18.0 Å². The summed E-state index contributed by atoms with van der Waals surface area (Å²) >= 11 is 0. The number of halogens is 3. The standard InChI is InChI=1S/C20H24F3N9O2/c1-12-10-29(11-20(21,22)23)7-8-30(12)16(33)13-4-2-6-31(13)18-26-17(24)32-19(27-18)25-15(28-32)14-5-3-9-34-14/h3,5,9,12-13H,2,4,6-8,10-11H2,1H3,(H2,24,25,26,27,28)/t12-,13+/m1/s1. The molecule has 2 N–H and O–H groups in total. The number of alkyl halides is 3. The maximum Gasteiger partial charge on any atom is 0.401 e. The van der Waals surface area contributed by atoms with E-state index in [4.69, 9.17) is 10.2 Å². The number of amides is 1. The zero-order valence-corrected chi connectivity index (χ0v) is 18.4. The van der Waals surface area contributed by atoms with Gasteiger partial charge in [-0.2, -0.15) is 32.6 Å². The number of hydrogen-bond donors (Lipinski definition) is 1. The van der Waals surface area contributed by atoms with Crippen LogP contribution in [0.5, 0.6) is 0 Å². The third kappa shape index (κ3) is 4.24. The molecule has 0 spiro atoms. The van der Waals surface area contributed by atoms with Crippen molar-refractivity contribution in [1.82, 2.24) is 34.4 Å². The lowest BCUT2D eigenvalue weighted by atomic mass is 10.1. The summed E-state index contributed by atoms with van der Waals surface area (Å²) in [7, 11) is 0. The second kappa shape index (κ2) is 8.42. The van der Waals surface area contributed by atoms with Gasteiger partial charge in [0.15, 0.2) is 5.76 Å². The van der Waals surface area contributed by atoms with Crippen molar-refractivity contribution in [2.24, 2.45) is 0 Å². The fourth-order valence-corrected chi connectivity index (χ4v) is 4.64. The Morgan fingerprint density at radius 2 is 2.06 bits per heavy atom. The molecule has 5 rings (SSSR count). The minimum atomic E-state index is -4.26. The third-order valence-electron chi connectivity index (χ3n) is 6.16. The van der Waals surface area contributed by atoms with Crippen LogP contribution in [0.4, 0.5) is 25.1 Å². The average Bonchev–Trinajstić information content (AvgIpc) is 3.51. The van der Waals surface area contributed by atoms with E-state index in [2.05, 4.69) is 20.1 Å². The van der Waals surface area contributed by atoms with Crippen molar-refractivity contribution in [2.45, 2.75) is 38.0 Å². The lowest BCUT2D eigenvalue weighted by molar-refractivity contribution is -0.155. The van der Waals surface area contributed by atoms with Crippen molar-refractivity contribution in [1.29, 1.82) is 0 Å². The fraction of sp³-hybridized carbons (Fsp3) is 0.550. The van der Waals surface area contributed by atoms with Gasteiger partial charge in [0.05, 0.1) is 12.8 Å². The van der Waals surface area contributed by atoms with Gasteiger partial charge >= 0.3 is 6.18 Å². The van der Waals surface area contributed by atoms with Crippen molar-refractivity contribution in [3.05, 3.63) is 18.4 Å². The molecule has 0 saturated carbocycles.